The lowest BCUT2D eigenvalue weighted by Crippen LogP contribution is -2.40. The van der Waals surface area contributed by atoms with Gasteiger partial charge in [0.1, 0.15) is 5.76 Å². The van der Waals surface area contributed by atoms with Crippen molar-refractivity contribution in [3.63, 3.8) is 0 Å². The number of carboxylic acids is 1. The second-order valence-corrected chi connectivity index (χ2v) is 5.77. The zero-order chi connectivity index (χ0) is 15.4. The highest BCUT2D eigenvalue weighted by Gasteiger charge is 2.27. The van der Waals surface area contributed by atoms with Gasteiger partial charge in [-0.3, -0.25) is 9.59 Å². The molecule has 0 spiro atoms. The van der Waals surface area contributed by atoms with Gasteiger partial charge in [-0.15, -0.1) is 0 Å². The largest absolute Gasteiger partial charge is 0.481 e. The lowest BCUT2D eigenvalue weighted by molar-refractivity contribution is -0.143. The van der Waals surface area contributed by atoms with E-state index in [1.807, 2.05) is 13.8 Å². The summed E-state index contributed by atoms with van der Waals surface area (Å²) in [5, 5.41) is 15.9. The standard InChI is InChI=1S/C15H22N2O4/c1-9-13(10(2)21-17-9)6-7-14(18)16-12-5-3-4-11(8-12)15(19)20/h11-12H,3-8H2,1-2H3,(H,16,18)(H,19,20). The fourth-order valence-corrected chi connectivity index (χ4v) is 2.94. The summed E-state index contributed by atoms with van der Waals surface area (Å²) < 4.78 is 5.07. The number of rotatable bonds is 5. The minimum atomic E-state index is -0.760. The molecule has 21 heavy (non-hydrogen) atoms. The fourth-order valence-electron chi connectivity index (χ4n) is 2.94. The Hall–Kier alpha value is -1.85. The molecule has 1 aromatic rings. The maximum absolute atomic E-state index is 12.0. The van der Waals surface area contributed by atoms with Crippen molar-refractivity contribution in [2.45, 2.75) is 58.4 Å². The van der Waals surface area contributed by atoms with Gasteiger partial charge in [0, 0.05) is 18.0 Å². The molecule has 0 bridgehead atoms. The second-order valence-electron chi connectivity index (χ2n) is 5.77. The Morgan fingerprint density at radius 1 is 1.38 bits per heavy atom. The molecule has 2 N–H and O–H groups in total. The third-order valence-corrected chi connectivity index (χ3v) is 4.17. The molecule has 1 aromatic heterocycles. The molecule has 0 aromatic carbocycles. The Bertz CT molecular complexity index is 504. The molecule has 1 heterocycles. The van der Waals surface area contributed by atoms with Crippen molar-refractivity contribution in [3.8, 4) is 0 Å². The van der Waals surface area contributed by atoms with Gasteiger partial charge in [0.2, 0.25) is 5.91 Å². The summed E-state index contributed by atoms with van der Waals surface area (Å²) in [5.41, 5.74) is 1.81. The van der Waals surface area contributed by atoms with E-state index in [1.165, 1.54) is 0 Å². The van der Waals surface area contributed by atoms with Crippen LogP contribution in [0.1, 0.15) is 49.1 Å². The minimum Gasteiger partial charge on any atom is -0.481 e. The van der Waals surface area contributed by atoms with Crippen LogP contribution in [0, 0.1) is 19.8 Å². The molecule has 0 saturated heterocycles. The molecular formula is C15H22N2O4. The van der Waals surface area contributed by atoms with Gasteiger partial charge in [-0.25, -0.2) is 0 Å². The topological polar surface area (TPSA) is 92.4 Å². The van der Waals surface area contributed by atoms with E-state index in [9.17, 15) is 9.59 Å². The molecule has 1 saturated carbocycles. The van der Waals surface area contributed by atoms with Gasteiger partial charge in [-0.2, -0.15) is 0 Å². The summed E-state index contributed by atoms with van der Waals surface area (Å²) in [5.74, 6) is -0.369. The van der Waals surface area contributed by atoms with E-state index in [0.717, 1.165) is 29.9 Å². The van der Waals surface area contributed by atoms with Crippen LogP contribution >= 0.6 is 0 Å². The van der Waals surface area contributed by atoms with E-state index in [1.54, 1.807) is 0 Å². The lowest BCUT2D eigenvalue weighted by atomic mass is 9.85. The summed E-state index contributed by atoms with van der Waals surface area (Å²) in [6, 6.07) is -0.0166. The van der Waals surface area contributed by atoms with E-state index in [0.29, 0.717) is 25.7 Å². The molecule has 6 nitrogen and oxygen atoms in total. The summed E-state index contributed by atoms with van der Waals surface area (Å²) in [6.45, 7) is 3.70. The van der Waals surface area contributed by atoms with Gasteiger partial charge in [0.25, 0.3) is 0 Å². The van der Waals surface area contributed by atoms with Crippen molar-refractivity contribution >= 4 is 11.9 Å². The number of hydrogen-bond donors (Lipinski definition) is 2. The normalized spacial score (nSPS) is 22.0. The Kier molecular flexibility index (Phi) is 4.98. The number of amides is 1. The monoisotopic (exact) mass is 294 g/mol. The van der Waals surface area contributed by atoms with Crippen LogP contribution in [0.4, 0.5) is 0 Å². The SMILES string of the molecule is Cc1noc(C)c1CCC(=O)NC1CCCC(C(=O)O)C1. The number of carbonyl (C=O) groups is 2. The predicted octanol–water partition coefficient (Wildman–Crippen LogP) is 1.98. The third kappa shape index (κ3) is 4.06. The number of aliphatic carboxylic acids is 1. The van der Waals surface area contributed by atoms with Crippen LogP contribution in [-0.4, -0.2) is 28.2 Å². The molecule has 2 rings (SSSR count). The van der Waals surface area contributed by atoms with Crippen LogP contribution in [0.3, 0.4) is 0 Å². The van der Waals surface area contributed by atoms with Crippen LogP contribution in [0.15, 0.2) is 4.52 Å². The number of hydrogen-bond acceptors (Lipinski definition) is 4. The van der Waals surface area contributed by atoms with Gasteiger partial charge in [0.05, 0.1) is 11.6 Å². The zero-order valence-corrected chi connectivity index (χ0v) is 12.5. The summed E-state index contributed by atoms with van der Waals surface area (Å²) in [7, 11) is 0. The second kappa shape index (κ2) is 6.74. The van der Waals surface area contributed by atoms with Crippen LogP contribution < -0.4 is 5.32 Å². The van der Waals surface area contributed by atoms with Crippen molar-refractivity contribution in [1.82, 2.24) is 10.5 Å². The smallest absolute Gasteiger partial charge is 0.306 e. The molecular weight excluding hydrogens is 272 g/mol. The maximum atomic E-state index is 12.0. The molecule has 6 heteroatoms. The van der Waals surface area contributed by atoms with Crippen molar-refractivity contribution in [3.05, 3.63) is 17.0 Å². The Morgan fingerprint density at radius 2 is 2.14 bits per heavy atom. The highest BCUT2D eigenvalue weighted by Crippen LogP contribution is 2.24. The van der Waals surface area contributed by atoms with E-state index in [4.69, 9.17) is 9.63 Å². The Labute approximate surface area is 123 Å². The number of carboxylic acid groups (broad SMARTS) is 1. The van der Waals surface area contributed by atoms with E-state index in [-0.39, 0.29) is 17.9 Å². The first-order valence-corrected chi connectivity index (χ1v) is 7.41. The average Bonchev–Trinajstić information content (AvgIpc) is 2.76. The van der Waals surface area contributed by atoms with E-state index >= 15 is 0 Å². The third-order valence-electron chi connectivity index (χ3n) is 4.17. The first-order chi connectivity index (χ1) is 9.97. The number of aromatic nitrogens is 1. The first kappa shape index (κ1) is 15.5. The minimum absolute atomic E-state index is 0.0166. The lowest BCUT2D eigenvalue weighted by Gasteiger charge is -2.27. The molecule has 1 fully saturated rings. The van der Waals surface area contributed by atoms with Crippen LogP contribution in [0.5, 0.6) is 0 Å². The summed E-state index contributed by atoms with van der Waals surface area (Å²) in [4.78, 5) is 23.0. The van der Waals surface area contributed by atoms with Gasteiger partial charge in [0.15, 0.2) is 0 Å². The van der Waals surface area contributed by atoms with Crippen molar-refractivity contribution in [1.29, 1.82) is 0 Å². The van der Waals surface area contributed by atoms with Gasteiger partial charge in [-0.1, -0.05) is 11.6 Å². The fraction of sp³-hybridized carbons (Fsp3) is 0.667. The van der Waals surface area contributed by atoms with Gasteiger partial charge in [-0.05, 0) is 39.5 Å². The molecule has 2 atom stereocenters. The highest BCUT2D eigenvalue weighted by molar-refractivity contribution is 5.77. The molecule has 0 radical (unpaired) electrons. The van der Waals surface area contributed by atoms with Crippen molar-refractivity contribution in [2.24, 2.45) is 5.92 Å². The molecule has 0 aliphatic heterocycles. The van der Waals surface area contributed by atoms with Crippen molar-refractivity contribution < 1.29 is 19.2 Å². The van der Waals surface area contributed by atoms with Gasteiger partial charge >= 0.3 is 5.97 Å². The molecule has 2 unspecified atom stereocenters. The molecule has 1 amide bonds. The van der Waals surface area contributed by atoms with E-state index < -0.39 is 5.97 Å². The predicted molar refractivity (Wildman–Crippen MR) is 75.8 cm³/mol. The zero-order valence-electron chi connectivity index (χ0n) is 12.5. The average molecular weight is 294 g/mol. The Morgan fingerprint density at radius 3 is 2.76 bits per heavy atom. The number of nitrogens with zero attached hydrogens (tertiary/aromatic N) is 1. The summed E-state index contributed by atoms with van der Waals surface area (Å²) >= 11 is 0. The molecule has 116 valence electrons. The quantitative estimate of drug-likeness (QED) is 0.866. The van der Waals surface area contributed by atoms with Gasteiger partial charge < -0.3 is 14.9 Å². The van der Waals surface area contributed by atoms with Crippen LogP contribution in [0.25, 0.3) is 0 Å². The maximum Gasteiger partial charge on any atom is 0.306 e. The summed E-state index contributed by atoms with van der Waals surface area (Å²) in [6.07, 6.45) is 3.93. The first-order valence-electron chi connectivity index (χ1n) is 7.41. The molecule has 1 aliphatic carbocycles. The van der Waals surface area contributed by atoms with Crippen LogP contribution in [0.2, 0.25) is 0 Å². The van der Waals surface area contributed by atoms with Crippen LogP contribution in [-0.2, 0) is 16.0 Å². The number of carbonyl (C=O) groups excluding carboxylic acids is 1. The molecule has 1 aliphatic rings. The number of nitrogens with one attached hydrogen (secondary N) is 1. The number of aryl methyl sites for hydroxylation is 2. The Balaban J connectivity index is 1.80. The van der Waals surface area contributed by atoms with Crippen molar-refractivity contribution in [2.75, 3.05) is 0 Å². The van der Waals surface area contributed by atoms with E-state index in [2.05, 4.69) is 10.5 Å². The highest BCUT2D eigenvalue weighted by atomic mass is 16.5.